The third-order valence-electron chi connectivity index (χ3n) is 1.64. The Morgan fingerprint density at radius 2 is 2.27 bits per heavy atom. The largest absolute Gasteiger partial charge is 0.288 e. The second-order valence-corrected chi connectivity index (χ2v) is 2.58. The van der Waals surface area contributed by atoms with Crippen LogP contribution in [0.2, 0.25) is 0 Å². The first-order valence-electron chi connectivity index (χ1n) is 3.47. The molecule has 0 aliphatic carbocycles. The van der Waals surface area contributed by atoms with E-state index in [1.807, 2.05) is 24.3 Å². The molecule has 11 heavy (non-hydrogen) atoms. The van der Waals surface area contributed by atoms with Crippen LogP contribution in [0, 0.1) is 20.0 Å². The lowest BCUT2D eigenvalue weighted by atomic mass is 10.3. The van der Waals surface area contributed by atoms with Crippen molar-refractivity contribution in [1.29, 1.82) is 0 Å². The van der Waals surface area contributed by atoms with E-state index in [0.29, 0.717) is 0 Å². The van der Waals surface area contributed by atoms with E-state index in [9.17, 15) is 0 Å². The summed E-state index contributed by atoms with van der Waals surface area (Å²) in [4.78, 5) is 8.18. The minimum absolute atomic E-state index is 0.725. The highest BCUT2D eigenvalue weighted by Gasteiger charge is 1.98. The maximum absolute atomic E-state index is 4.22. The van der Waals surface area contributed by atoms with Gasteiger partial charge in [0.1, 0.15) is 6.20 Å². The van der Waals surface area contributed by atoms with Gasteiger partial charge in [-0.2, -0.15) is 0 Å². The van der Waals surface area contributed by atoms with Crippen molar-refractivity contribution in [1.82, 2.24) is 14.4 Å². The molecular weight excluding hydrogens is 138 g/mol. The Morgan fingerprint density at radius 3 is 3.09 bits per heavy atom. The number of aromatic nitrogens is 3. The number of fused-ring (bicyclic) bond motifs is 1. The Labute approximate surface area is 64.7 Å². The van der Waals surface area contributed by atoms with Crippen molar-refractivity contribution < 1.29 is 0 Å². The standard InChI is InChI=1S/C8H8N3/c1-6-5-7(2)11-4-3-9-8(11)10-6/h4-5H,1-2H3. The summed E-state index contributed by atoms with van der Waals surface area (Å²) >= 11 is 0. The molecule has 0 atom stereocenters. The fraction of sp³-hybridized carbons (Fsp3) is 0.250. The van der Waals surface area contributed by atoms with Gasteiger partial charge in [-0.1, -0.05) is 0 Å². The van der Waals surface area contributed by atoms with E-state index in [1.165, 1.54) is 0 Å². The zero-order chi connectivity index (χ0) is 7.84. The van der Waals surface area contributed by atoms with Gasteiger partial charge < -0.3 is 0 Å². The number of hydrogen-bond acceptors (Lipinski definition) is 2. The van der Waals surface area contributed by atoms with E-state index >= 15 is 0 Å². The van der Waals surface area contributed by atoms with Gasteiger partial charge in [-0.3, -0.25) is 4.40 Å². The average molecular weight is 146 g/mol. The maximum atomic E-state index is 4.22. The molecular formula is C8H8N3. The van der Waals surface area contributed by atoms with E-state index in [0.717, 1.165) is 17.2 Å². The third kappa shape index (κ3) is 0.888. The molecule has 0 unspecified atom stereocenters. The summed E-state index contributed by atoms with van der Waals surface area (Å²) in [6, 6.07) is 2.02. The number of aryl methyl sites for hydroxylation is 2. The highest BCUT2D eigenvalue weighted by Crippen LogP contribution is 2.03. The molecule has 0 saturated heterocycles. The average Bonchev–Trinajstić information content (AvgIpc) is 2.34. The van der Waals surface area contributed by atoms with E-state index in [-0.39, 0.29) is 0 Å². The molecule has 0 fully saturated rings. The van der Waals surface area contributed by atoms with Crippen LogP contribution >= 0.6 is 0 Å². The predicted molar refractivity (Wildman–Crippen MR) is 41.3 cm³/mol. The van der Waals surface area contributed by atoms with Crippen molar-refractivity contribution in [2.24, 2.45) is 0 Å². The zero-order valence-corrected chi connectivity index (χ0v) is 6.50. The summed E-state index contributed by atoms with van der Waals surface area (Å²) < 4.78 is 1.91. The Bertz CT molecular complexity index is 389. The monoisotopic (exact) mass is 146 g/mol. The van der Waals surface area contributed by atoms with Crippen LogP contribution in [-0.4, -0.2) is 14.4 Å². The summed E-state index contributed by atoms with van der Waals surface area (Å²) in [7, 11) is 0. The molecule has 0 bridgehead atoms. The fourth-order valence-corrected chi connectivity index (χ4v) is 1.16. The summed E-state index contributed by atoms with van der Waals surface area (Å²) in [5.41, 5.74) is 2.14. The van der Waals surface area contributed by atoms with Gasteiger partial charge in [0, 0.05) is 17.6 Å². The first kappa shape index (κ1) is 6.34. The second kappa shape index (κ2) is 2.05. The van der Waals surface area contributed by atoms with Gasteiger partial charge in [0.15, 0.2) is 0 Å². The molecule has 2 aromatic rings. The van der Waals surface area contributed by atoms with Crippen molar-refractivity contribution in [2.45, 2.75) is 13.8 Å². The van der Waals surface area contributed by atoms with Gasteiger partial charge in [0.05, 0.1) is 0 Å². The normalized spacial score (nSPS) is 10.7. The van der Waals surface area contributed by atoms with E-state index in [1.54, 1.807) is 6.20 Å². The van der Waals surface area contributed by atoms with Gasteiger partial charge in [0.2, 0.25) is 5.78 Å². The van der Waals surface area contributed by atoms with Crippen molar-refractivity contribution in [3.63, 3.8) is 0 Å². The molecule has 2 aromatic heterocycles. The topological polar surface area (TPSA) is 30.2 Å². The molecule has 3 nitrogen and oxygen atoms in total. The van der Waals surface area contributed by atoms with Crippen LogP contribution < -0.4 is 0 Å². The highest BCUT2D eigenvalue weighted by molar-refractivity contribution is 5.31. The summed E-state index contributed by atoms with van der Waals surface area (Å²) in [5.74, 6) is 0.725. The molecule has 2 rings (SSSR count). The second-order valence-electron chi connectivity index (χ2n) is 2.58. The lowest BCUT2D eigenvalue weighted by Gasteiger charge is -1.98. The van der Waals surface area contributed by atoms with E-state index in [2.05, 4.69) is 16.2 Å². The molecule has 0 amide bonds. The first-order chi connectivity index (χ1) is 5.27. The minimum Gasteiger partial charge on any atom is -0.288 e. The lowest BCUT2D eigenvalue weighted by Crippen LogP contribution is -1.94. The Morgan fingerprint density at radius 1 is 1.45 bits per heavy atom. The molecule has 0 aliphatic rings. The van der Waals surface area contributed by atoms with Gasteiger partial charge in [-0.05, 0) is 19.9 Å². The third-order valence-corrected chi connectivity index (χ3v) is 1.64. The van der Waals surface area contributed by atoms with E-state index < -0.39 is 0 Å². The van der Waals surface area contributed by atoms with Crippen molar-refractivity contribution in [2.75, 3.05) is 0 Å². The Hall–Kier alpha value is -1.38. The first-order valence-corrected chi connectivity index (χ1v) is 3.47. The lowest BCUT2D eigenvalue weighted by molar-refractivity contribution is 1.01. The van der Waals surface area contributed by atoms with E-state index in [4.69, 9.17) is 0 Å². The van der Waals surface area contributed by atoms with Gasteiger partial charge >= 0.3 is 0 Å². The Balaban J connectivity index is 2.91. The quantitative estimate of drug-likeness (QED) is 0.558. The van der Waals surface area contributed by atoms with Gasteiger partial charge in [0.25, 0.3) is 0 Å². The molecule has 1 radical (unpaired) electrons. The zero-order valence-electron chi connectivity index (χ0n) is 6.50. The van der Waals surface area contributed by atoms with Crippen LogP contribution in [0.4, 0.5) is 0 Å². The van der Waals surface area contributed by atoms with Gasteiger partial charge in [-0.25, -0.2) is 9.97 Å². The minimum atomic E-state index is 0.725. The van der Waals surface area contributed by atoms with Crippen LogP contribution in [0.25, 0.3) is 5.78 Å². The van der Waals surface area contributed by atoms with Crippen molar-refractivity contribution in [3.8, 4) is 0 Å². The van der Waals surface area contributed by atoms with Crippen molar-refractivity contribution in [3.05, 3.63) is 29.8 Å². The van der Waals surface area contributed by atoms with Crippen LogP contribution in [0.15, 0.2) is 12.3 Å². The molecule has 3 heteroatoms. The predicted octanol–water partition coefficient (Wildman–Crippen LogP) is 1.15. The maximum Gasteiger partial charge on any atom is 0.234 e. The molecule has 0 saturated carbocycles. The number of nitrogens with zero attached hydrogens (tertiary/aromatic N) is 3. The fourth-order valence-electron chi connectivity index (χ4n) is 1.16. The molecule has 2 heterocycles. The van der Waals surface area contributed by atoms with Gasteiger partial charge in [-0.15, -0.1) is 0 Å². The molecule has 0 spiro atoms. The molecule has 55 valence electrons. The number of hydrogen-bond donors (Lipinski definition) is 0. The van der Waals surface area contributed by atoms with Crippen LogP contribution in [0.5, 0.6) is 0 Å². The van der Waals surface area contributed by atoms with Crippen LogP contribution in [0.1, 0.15) is 11.4 Å². The van der Waals surface area contributed by atoms with Crippen LogP contribution in [-0.2, 0) is 0 Å². The number of imidazole rings is 1. The smallest absolute Gasteiger partial charge is 0.234 e. The number of rotatable bonds is 0. The van der Waals surface area contributed by atoms with Crippen molar-refractivity contribution >= 4 is 5.78 Å². The summed E-state index contributed by atoms with van der Waals surface area (Å²) in [5, 5.41) is 0. The summed E-state index contributed by atoms with van der Waals surface area (Å²) in [6.07, 6.45) is 4.54. The van der Waals surface area contributed by atoms with Crippen LogP contribution in [0.3, 0.4) is 0 Å². The summed E-state index contributed by atoms with van der Waals surface area (Å²) in [6.45, 7) is 3.98. The SMILES string of the molecule is Cc1cc(C)n2c[c]nc2n1. The molecule has 0 aromatic carbocycles. The molecule has 0 aliphatic heterocycles. The molecule has 0 N–H and O–H groups in total. The highest BCUT2D eigenvalue weighted by atomic mass is 15.1. The Kier molecular flexibility index (Phi) is 1.18.